The number of fused-ring (bicyclic) bond motifs is 1. The molecule has 0 unspecified atom stereocenters. The molecule has 3 rings (SSSR count). The molecule has 0 aliphatic carbocycles. The summed E-state index contributed by atoms with van der Waals surface area (Å²) in [5, 5.41) is 5.42. The number of hydrogen-bond donors (Lipinski definition) is 2. The van der Waals surface area contributed by atoms with E-state index in [-0.39, 0.29) is 16.8 Å². The van der Waals surface area contributed by atoms with Gasteiger partial charge in [-0.3, -0.25) is 25.2 Å². The number of ether oxygens (including phenoxy) is 1. The molecule has 0 fully saturated rings. The Kier molecular flexibility index (Phi) is 7.25. The number of amides is 2. The Morgan fingerprint density at radius 3 is 2.48 bits per heavy atom. The smallest absolute Gasteiger partial charge is 0.290 e. The van der Waals surface area contributed by atoms with Gasteiger partial charge in [0.05, 0.1) is 18.1 Å². The summed E-state index contributed by atoms with van der Waals surface area (Å²) in [5.41, 5.74) is 4.66. The Morgan fingerprint density at radius 1 is 1.06 bits per heavy atom. The van der Waals surface area contributed by atoms with Crippen molar-refractivity contribution in [1.82, 2.24) is 20.6 Å². The highest BCUT2D eigenvalue weighted by molar-refractivity contribution is 6.31. The van der Waals surface area contributed by atoms with Crippen LogP contribution in [0.5, 0.6) is 5.75 Å². The van der Waals surface area contributed by atoms with E-state index < -0.39 is 11.8 Å². The zero-order valence-electron chi connectivity index (χ0n) is 17.3. The minimum absolute atomic E-state index is 0.0463. The van der Waals surface area contributed by atoms with Crippen LogP contribution in [-0.2, 0) is 6.54 Å². The second kappa shape index (κ2) is 10.1. The number of rotatable bonds is 7. The lowest BCUT2D eigenvalue weighted by Crippen LogP contribution is -2.43. The van der Waals surface area contributed by atoms with Gasteiger partial charge in [0.2, 0.25) is 0 Å². The first-order chi connectivity index (χ1) is 15.0. The van der Waals surface area contributed by atoms with E-state index >= 15 is 0 Å². The second-order valence-corrected chi connectivity index (χ2v) is 7.32. The molecule has 1 heterocycles. The molecule has 162 valence electrons. The number of halogens is 1. The van der Waals surface area contributed by atoms with Gasteiger partial charge in [0.25, 0.3) is 17.4 Å². The molecule has 8 nitrogen and oxygen atoms in total. The first kappa shape index (κ1) is 22.3. The molecule has 0 bridgehead atoms. The lowest BCUT2D eigenvalue weighted by atomic mass is 10.1. The summed E-state index contributed by atoms with van der Waals surface area (Å²) in [7, 11) is 1.43. The summed E-state index contributed by atoms with van der Waals surface area (Å²) in [4.78, 5) is 38.1. The van der Waals surface area contributed by atoms with Crippen molar-refractivity contribution in [2.24, 2.45) is 0 Å². The van der Waals surface area contributed by atoms with E-state index in [0.717, 1.165) is 19.3 Å². The van der Waals surface area contributed by atoms with Crippen molar-refractivity contribution < 1.29 is 14.3 Å². The molecule has 2 aromatic carbocycles. The van der Waals surface area contributed by atoms with E-state index in [9.17, 15) is 14.4 Å². The van der Waals surface area contributed by atoms with Gasteiger partial charge >= 0.3 is 0 Å². The number of methoxy groups -OCH3 is 1. The van der Waals surface area contributed by atoms with Crippen molar-refractivity contribution in [3.63, 3.8) is 0 Å². The SMILES string of the molecule is CCCCCn1nc(C(=O)NNC(=O)c2cc(Cl)ccc2OC)c2ccccc2c1=O. The molecule has 2 N–H and O–H groups in total. The zero-order chi connectivity index (χ0) is 22.4. The van der Waals surface area contributed by atoms with Crippen molar-refractivity contribution in [1.29, 1.82) is 0 Å². The van der Waals surface area contributed by atoms with Crippen LogP contribution in [0.1, 0.15) is 47.0 Å². The molecule has 0 spiro atoms. The van der Waals surface area contributed by atoms with Gasteiger partial charge in [-0.2, -0.15) is 5.10 Å². The average Bonchev–Trinajstić information content (AvgIpc) is 2.79. The Morgan fingerprint density at radius 2 is 1.77 bits per heavy atom. The van der Waals surface area contributed by atoms with Gasteiger partial charge in [-0.15, -0.1) is 0 Å². The standard InChI is InChI=1S/C22H23ClN4O4/c1-3-4-7-12-27-22(30)16-9-6-5-8-15(16)19(26-27)21(29)25-24-20(28)17-13-14(23)10-11-18(17)31-2/h5-6,8-11,13H,3-4,7,12H2,1-2H3,(H,24,28)(H,25,29). The van der Waals surface area contributed by atoms with Gasteiger partial charge in [0.1, 0.15) is 5.75 Å². The largest absolute Gasteiger partial charge is 0.496 e. The molecule has 2 amide bonds. The van der Waals surface area contributed by atoms with Gasteiger partial charge in [-0.05, 0) is 30.7 Å². The van der Waals surface area contributed by atoms with E-state index in [1.807, 2.05) is 0 Å². The number of nitrogens with zero attached hydrogens (tertiary/aromatic N) is 2. The van der Waals surface area contributed by atoms with Gasteiger partial charge < -0.3 is 4.74 Å². The van der Waals surface area contributed by atoms with Crippen LogP contribution in [-0.4, -0.2) is 28.7 Å². The van der Waals surface area contributed by atoms with Crippen molar-refractivity contribution in [2.75, 3.05) is 7.11 Å². The highest BCUT2D eigenvalue weighted by atomic mass is 35.5. The van der Waals surface area contributed by atoms with Gasteiger partial charge in [-0.25, -0.2) is 4.68 Å². The first-order valence-electron chi connectivity index (χ1n) is 9.90. The van der Waals surface area contributed by atoms with Crippen molar-refractivity contribution >= 4 is 34.2 Å². The predicted octanol–water partition coefficient (Wildman–Crippen LogP) is 3.32. The molecular weight excluding hydrogens is 420 g/mol. The molecule has 0 atom stereocenters. The van der Waals surface area contributed by atoms with Crippen LogP contribution >= 0.6 is 11.6 Å². The van der Waals surface area contributed by atoms with Crippen LogP contribution in [0, 0.1) is 0 Å². The number of nitrogens with one attached hydrogen (secondary N) is 2. The fourth-order valence-corrected chi connectivity index (χ4v) is 3.34. The van der Waals surface area contributed by atoms with Gasteiger partial charge in [-0.1, -0.05) is 49.6 Å². The van der Waals surface area contributed by atoms with Crippen molar-refractivity contribution in [2.45, 2.75) is 32.7 Å². The monoisotopic (exact) mass is 442 g/mol. The number of aromatic nitrogens is 2. The predicted molar refractivity (Wildman–Crippen MR) is 118 cm³/mol. The number of benzene rings is 2. The van der Waals surface area contributed by atoms with Crippen molar-refractivity contribution in [3.8, 4) is 5.75 Å². The fraction of sp³-hybridized carbons (Fsp3) is 0.273. The highest BCUT2D eigenvalue weighted by Gasteiger charge is 2.19. The maximum absolute atomic E-state index is 12.8. The molecule has 0 radical (unpaired) electrons. The van der Waals surface area contributed by atoms with Crippen LogP contribution in [0.15, 0.2) is 47.3 Å². The summed E-state index contributed by atoms with van der Waals surface area (Å²) in [6.07, 6.45) is 2.71. The first-order valence-corrected chi connectivity index (χ1v) is 10.3. The maximum Gasteiger partial charge on any atom is 0.290 e. The number of hydrogen-bond acceptors (Lipinski definition) is 5. The molecule has 0 aliphatic rings. The highest BCUT2D eigenvalue weighted by Crippen LogP contribution is 2.22. The summed E-state index contributed by atoms with van der Waals surface area (Å²) < 4.78 is 6.46. The van der Waals surface area contributed by atoms with E-state index in [1.165, 1.54) is 17.9 Å². The molecule has 1 aromatic heterocycles. The maximum atomic E-state index is 12.8. The second-order valence-electron chi connectivity index (χ2n) is 6.88. The summed E-state index contributed by atoms with van der Waals surface area (Å²) in [6, 6.07) is 11.3. The topological polar surface area (TPSA) is 102 Å². The van der Waals surface area contributed by atoms with E-state index in [1.54, 1.807) is 36.4 Å². The number of carbonyl (C=O) groups is 2. The molecule has 0 saturated heterocycles. The quantitative estimate of drug-likeness (QED) is 0.431. The Bertz CT molecular complexity index is 1180. The lowest BCUT2D eigenvalue weighted by molar-refractivity contribution is 0.0842. The molecule has 31 heavy (non-hydrogen) atoms. The van der Waals surface area contributed by atoms with Crippen molar-refractivity contribution in [3.05, 3.63) is 69.1 Å². The number of aryl methyl sites for hydroxylation is 1. The van der Waals surface area contributed by atoms with E-state index in [4.69, 9.17) is 16.3 Å². The van der Waals surface area contributed by atoms with Crippen LogP contribution in [0.2, 0.25) is 5.02 Å². The molecule has 0 saturated carbocycles. The fourth-order valence-electron chi connectivity index (χ4n) is 3.16. The number of carbonyl (C=O) groups excluding carboxylic acids is 2. The minimum atomic E-state index is -0.644. The molecule has 3 aromatic rings. The minimum Gasteiger partial charge on any atom is -0.496 e. The number of unbranched alkanes of at least 4 members (excludes halogenated alkanes) is 2. The molecule has 9 heteroatoms. The van der Waals surface area contributed by atoms with Gasteiger partial charge in [0, 0.05) is 17.0 Å². The normalized spacial score (nSPS) is 10.7. The summed E-state index contributed by atoms with van der Waals surface area (Å²) >= 11 is 5.96. The Hall–Kier alpha value is -3.39. The molecule has 0 aliphatic heterocycles. The third-order valence-electron chi connectivity index (χ3n) is 4.75. The zero-order valence-corrected chi connectivity index (χ0v) is 18.0. The third-order valence-corrected chi connectivity index (χ3v) is 4.99. The summed E-state index contributed by atoms with van der Waals surface area (Å²) in [5.74, 6) is -0.938. The average molecular weight is 443 g/mol. The third kappa shape index (κ3) is 5.03. The number of hydrazine groups is 1. The lowest BCUT2D eigenvalue weighted by Gasteiger charge is -2.13. The van der Waals surface area contributed by atoms with E-state index in [2.05, 4.69) is 22.9 Å². The summed E-state index contributed by atoms with van der Waals surface area (Å²) in [6.45, 7) is 2.47. The Balaban J connectivity index is 1.87. The van der Waals surface area contributed by atoms with Crippen LogP contribution < -0.4 is 21.1 Å². The van der Waals surface area contributed by atoms with Gasteiger partial charge in [0.15, 0.2) is 5.69 Å². The molecular formula is C22H23ClN4O4. The van der Waals surface area contributed by atoms with Crippen LogP contribution in [0.4, 0.5) is 0 Å². The Labute approximate surface area is 184 Å². The van der Waals surface area contributed by atoms with E-state index in [0.29, 0.717) is 28.1 Å². The van der Waals surface area contributed by atoms with Crippen LogP contribution in [0.25, 0.3) is 10.8 Å². The van der Waals surface area contributed by atoms with Crippen LogP contribution in [0.3, 0.4) is 0 Å².